The number of rotatable bonds is 2. The van der Waals surface area contributed by atoms with E-state index in [9.17, 15) is 9.59 Å². The van der Waals surface area contributed by atoms with Gasteiger partial charge in [0.1, 0.15) is 5.54 Å². The molecular formula is C16H24Cl2N4O2. The fourth-order valence-electron chi connectivity index (χ4n) is 3.03. The van der Waals surface area contributed by atoms with Gasteiger partial charge in [0.25, 0.3) is 0 Å². The number of carbonyl (C=O) groups is 2. The van der Waals surface area contributed by atoms with E-state index >= 15 is 0 Å². The van der Waals surface area contributed by atoms with Gasteiger partial charge in [-0.2, -0.15) is 0 Å². The number of para-hydroxylation sites is 2. The molecule has 0 atom stereocenters. The molecule has 2 N–H and O–H groups in total. The standard InChI is InChI=1S/C16H22N4O2.2ClH/c1-16(2)15(22)18-12-5-3-4-6-13(12)20(16)14(21)11-19-9-7-17-8-10-19;;/h3-6,17H,7-11H2,1-2H3,(H,18,22);2*1H. The highest BCUT2D eigenvalue weighted by atomic mass is 35.5. The summed E-state index contributed by atoms with van der Waals surface area (Å²) in [7, 11) is 0. The summed E-state index contributed by atoms with van der Waals surface area (Å²) in [6.07, 6.45) is 0. The third-order valence-corrected chi connectivity index (χ3v) is 4.33. The molecule has 2 amide bonds. The molecule has 2 aliphatic heterocycles. The Bertz CT molecular complexity index is 603. The van der Waals surface area contributed by atoms with Crippen LogP contribution in [0.5, 0.6) is 0 Å². The van der Waals surface area contributed by atoms with Crippen LogP contribution >= 0.6 is 24.8 Å². The lowest BCUT2D eigenvalue weighted by molar-refractivity contribution is -0.127. The number of hydrogen-bond acceptors (Lipinski definition) is 4. The fourth-order valence-corrected chi connectivity index (χ4v) is 3.03. The summed E-state index contributed by atoms with van der Waals surface area (Å²) in [5.74, 6) is -0.186. The monoisotopic (exact) mass is 374 g/mol. The van der Waals surface area contributed by atoms with Crippen LogP contribution in [-0.2, 0) is 9.59 Å². The van der Waals surface area contributed by atoms with Crippen molar-refractivity contribution in [3.63, 3.8) is 0 Å². The Balaban J connectivity index is 0.00000144. The number of halogens is 2. The molecule has 0 radical (unpaired) electrons. The lowest BCUT2D eigenvalue weighted by atomic mass is 9.96. The summed E-state index contributed by atoms with van der Waals surface area (Å²) in [5.41, 5.74) is 0.576. The molecule has 1 fully saturated rings. The van der Waals surface area contributed by atoms with Crippen molar-refractivity contribution in [2.75, 3.05) is 42.9 Å². The second-order valence-electron chi connectivity index (χ2n) is 6.29. The Morgan fingerprint density at radius 3 is 2.46 bits per heavy atom. The number of nitrogens with one attached hydrogen (secondary N) is 2. The fraction of sp³-hybridized carbons (Fsp3) is 0.500. The number of hydrogen-bond donors (Lipinski definition) is 2. The Labute approximate surface area is 154 Å². The predicted molar refractivity (Wildman–Crippen MR) is 100 cm³/mol. The van der Waals surface area contributed by atoms with Gasteiger partial charge in [0, 0.05) is 26.2 Å². The highest BCUT2D eigenvalue weighted by Gasteiger charge is 2.43. The van der Waals surface area contributed by atoms with Crippen molar-refractivity contribution in [1.82, 2.24) is 10.2 Å². The first-order valence-corrected chi connectivity index (χ1v) is 7.67. The van der Waals surface area contributed by atoms with Crippen LogP contribution in [0.3, 0.4) is 0 Å². The zero-order valence-corrected chi connectivity index (χ0v) is 15.5. The highest BCUT2D eigenvalue weighted by molar-refractivity contribution is 6.14. The lowest BCUT2D eigenvalue weighted by Gasteiger charge is -2.43. The van der Waals surface area contributed by atoms with E-state index in [4.69, 9.17) is 0 Å². The molecule has 134 valence electrons. The molecule has 6 nitrogen and oxygen atoms in total. The van der Waals surface area contributed by atoms with Gasteiger partial charge in [0.05, 0.1) is 17.9 Å². The number of nitrogens with zero attached hydrogens (tertiary/aromatic N) is 2. The van der Waals surface area contributed by atoms with E-state index in [1.54, 1.807) is 18.7 Å². The van der Waals surface area contributed by atoms with Gasteiger partial charge in [-0.05, 0) is 26.0 Å². The molecule has 0 aliphatic carbocycles. The molecule has 24 heavy (non-hydrogen) atoms. The van der Waals surface area contributed by atoms with E-state index in [-0.39, 0.29) is 36.6 Å². The summed E-state index contributed by atoms with van der Waals surface area (Å²) in [6.45, 7) is 7.41. The summed E-state index contributed by atoms with van der Waals surface area (Å²) in [5, 5.41) is 6.16. The van der Waals surface area contributed by atoms with Gasteiger partial charge in [-0.15, -0.1) is 24.8 Å². The van der Waals surface area contributed by atoms with Crippen molar-refractivity contribution >= 4 is 48.0 Å². The summed E-state index contributed by atoms with van der Waals surface area (Å²) in [6, 6.07) is 7.45. The second kappa shape index (κ2) is 8.16. The summed E-state index contributed by atoms with van der Waals surface area (Å²) in [4.78, 5) is 29.0. The maximum absolute atomic E-state index is 12.9. The molecule has 0 spiro atoms. The van der Waals surface area contributed by atoms with E-state index in [0.717, 1.165) is 31.9 Å². The molecule has 0 unspecified atom stereocenters. The number of piperazine rings is 1. The Kier molecular flexibility index (Phi) is 7.04. The van der Waals surface area contributed by atoms with E-state index in [0.29, 0.717) is 12.2 Å². The average Bonchev–Trinajstić information content (AvgIpc) is 2.49. The normalized spacial score (nSPS) is 19.4. The van der Waals surface area contributed by atoms with Crippen molar-refractivity contribution in [2.45, 2.75) is 19.4 Å². The average molecular weight is 375 g/mol. The van der Waals surface area contributed by atoms with Crippen LogP contribution in [0.25, 0.3) is 0 Å². The van der Waals surface area contributed by atoms with Crippen molar-refractivity contribution in [3.8, 4) is 0 Å². The van der Waals surface area contributed by atoms with E-state index in [1.165, 1.54) is 0 Å². The highest BCUT2D eigenvalue weighted by Crippen LogP contribution is 2.36. The third kappa shape index (κ3) is 3.83. The molecule has 8 heteroatoms. The first-order chi connectivity index (χ1) is 10.5. The van der Waals surface area contributed by atoms with Crippen molar-refractivity contribution in [2.24, 2.45) is 0 Å². The summed E-state index contributed by atoms with van der Waals surface area (Å²) < 4.78 is 0. The molecule has 3 rings (SSSR count). The maximum atomic E-state index is 12.9. The van der Waals surface area contributed by atoms with Gasteiger partial charge in [-0.25, -0.2) is 0 Å². The Morgan fingerprint density at radius 2 is 1.79 bits per heavy atom. The molecular weight excluding hydrogens is 351 g/mol. The molecule has 1 saturated heterocycles. The van der Waals surface area contributed by atoms with Crippen LogP contribution in [-0.4, -0.2) is 55.0 Å². The van der Waals surface area contributed by atoms with Gasteiger partial charge in [-0.1, -0.05) is 12.1 Å². The van der Waals surface area contributed by atoms with Gasteiger partial charge in [-0.3, -0.25) is 19.4 Å². The van der Waals surface area contributed by atoms with Crippen LogP contribution in [0, 0.1) is 0 Å². The molecule has 2 aliphatic rings. The minimum Gasteiger partial charge on any atom is -0.322 e. The number of amides is 2. The van der Waals surface area contributed by atoms with Crippen LogP contribution in [0.1, 0.15) is 13.8 Å². The molecule has 1 aromatic rings. The van der Waals surface area contributed by atoms with E-state index in [2.05, 4.69) is 15.5 Å². The van der Waals surface area contributed by atoms with E-state index < -0.39 is 5.54 Å². The zero-order valence-electron chi connectivity index (χ0n) is 13.9. The molecule has 1 aromatic carbocycles. The zero-order chi connectivity index (χ0) is 15.7. The van der Waals surface area contributed by atoms with Crippen molar-refractivity contribution in [1.29, 1.82) is 0 Å². The van der Waals surface area contributed by atoms with Crippen LogP contribution in [0.15, 0.2) is 24.3 Å². The molecule has 0 aromatic heterocycles. The van der Waals surface area contributed by atoms with Gasteiger partial charge < -0.3 is 10.6 Å². The van der Waals surface area contributed by atoms with Crippen LogP contribution in [0.4, 0.5) is 11.4 Å². The van der Waals surface area contributed by atoms with Crippen molar-refractivity contribution < 1.29 is 9.59 Å². The van der Waals surface area contributed by atoms with Gasteiger partial charge >= 0.3 is 0 Å². The summed E-state index contributed by atoms with van der Waals surface area (Å²) >= 11 is 0. The Hall–Kier alpha value is -1.34. The number of fused-ring (bicyclic) bond motifs is 1. The smallest absolute Gasteiger partial charge is 0.250 e. The third-order valence-electron chi connectivity index (χ3n) is 4.33. The van der Waals surface area contributed by atoms with Gasteiger partial charge in [0.15, 0.2) is 0 Å². The number of anilines is 2. The molecule has 0 bridgehead atoms. The van der Waals surface area contributed by atoms with Crippen molar-refractivity contribution in [3.05, 3.63) is 24.3 Å². The Morgan fingerprint density at radius 1 is 1.17 bits per heavy atom. The maximum Gasteiger partial charge on any atom is 0.250 e. The second-order valence-corrected chi connectivity index (χ2v) is 6.29. The van der Waals surface area contributed by atoms with Gasteiger partial charge in [0.2, 0.25) is 11.8 Å². The molecule has 0 saturated carbocycles. The number of carbonyl (C=O) groups excluding carboxylic acids is 2. The predicted octanol–water partition coefficient (Wildman–Crippen LogP) is 1.50. The minimum absolute atomic E-state index is 0. The SMILES string of the molecule is CC1(C)C(=O)Nc2ccccc2N1C(=O)CN1CCNCC1.Cl.Cl. The minimum atomic E-state index is -0.889. The van der Waals surface area contributed by atoms with Crippen LogP contribution < -0.4 is 15.5 Å². The largest absolute Gasteiger partial charge is 0.322 e. The first kappa shape index (κ1) is 20.7. The lowest BCUT2D eigenvalue weighted by Crippen LogP contribution is -2.60. The quantitative estimate of drug-likeness (QED) is 0.823. The number of benzene rings is 1. The van der Waals surface area contributed by atoms with Crippen LogP contribution in [0.2, 0.25) is 0 Å². The first-order valence-electron chi connectivity index (χ1n) is 7.67. The molecule has 2 heterocycles. The van der Waals surface area contributed by atoms with E-state index in [1.807, 2.05) is 24.3 Å². The topological polar surface area (TPSA) is 64.7 Å².